The standard InChI is InChI=1S/C13H24N2O2S/c1-13(3-4-14-9-13)10-15-5-6-18-8-11(15)7-12(16)17-2/h11,14H,3-10H2,1-2H3. The summed E-state index contributed by atoms with van der Waals surface area (Å²) in [5.74, 6) is 2.15. The van der Waals surface area contributed by atoms with E-state index in [0.717, 1.165) is 31.9 Å². The molecular weight excluding hydrogens is 248 g/mol. The zero-order valence-corrected chi connectivity index (χ0v) is 12.2. The Morgan fingerprint density at radius 2 is 2.44 bits per heavy atom. The van der Waals surface area contributed by atoms with Crippen molar-refractivity contribution in [1.82, 2.24) is 10.2 Å². The minimum atomic E-state index is -0.0813. The molecule has 2 rings (SSSR count). The average Bonchev–Trinajstić information content (AvgIpc) is 2.78. The lowest BCUT2D eigenvalue weighted by molar-refractivity contribution is -0.142. The summed E-state index contributed by atoms with van der Waals surface area (Å²) in [5, 5.41) is 3.45. The van der Waals surface area contributed by atoms with E-state index in [9.17, 15) is 4.79 Å². The molecule has 2 saturated heterocycles. The summed E-state index contributed by atoms with van der Waals surface area (Å²) >= 11 is 1.95. The van der Waals surface area contributed by atoms with Crippen LogP contribution in [0.5, 0.6) is 0 Å². The Balaban J connectivity index is 1.92. The van der Waals surface area contributed by atoms with Gasteiger partial charge in [0.2, 0.25) is 0 Å². The molecule has 2 atom stereocenters. The second-order valence-corrected chi connectivity index (χ2v) is 6.87. The van der Waals surface area contributed by atoms with Gasteiger partial charge in [-0.15, -0.1) is 0 Å². The lowest BCUT2D eigenvalue weighted by Crippen LogP contribution is -2.48. The van der Waals surface area contributed by atoms with Gasteiger partial charge in [-0.25, -0.2) is 0 Å². The maximum atomic E-state index is 11.5. The van der Waals surface area contributed by atoms with Gasteiger partial charge in [0.15, 0.2) is 0 Å². The summed E-state index contributed by atoms with van der Waals surface area (Å²) in [4.78, 5) is 14.0. The molecule has 0 aliphatic carbocycles. The van der Waals surface area contributed by atoms with Crippen LogP contribution in [0, 0.1) is 5.41 Å². The largest absolute Gasteiger partial charge is 0.469 e. The fourth-order valence-corrected chi connectivity index (χ4v) is 3.99. The van der Waals surface area contributed by atoms with Crippen LogP contribution < -0.4 is 5.32 Å². The number of carbonyl (C=O) groups is 1. The van der Waals surface area contributed by atoms with Crippen LogP contribution in [0.25, 0.3) is 0 Å². The molecule has 0 bridgehead atoms. The van der Waals surface area contributed by atoms with Crippen molar-refractivity contribution in [3.05, 3.63) is 0 Å². The maximum absolute atomic E-state index is 11.5. The average molecular weight is 272 g/mol. The molecule has 0 spiro atoms. The van der Waals surface area contributed by atoms with Gasteiger partial charge in [-0.2, -0.15) is 11.8 Å². The molecule has 0 radical (unpaired) electrons. The van der Waals surface area contributed by atoms with Crippen molar-refractivity contribution in [2.24, 2.45) is 5.41 Å². The normalized spacial score (nSPS) is 33.6. The zero-order valence-electron chi connectivity index (χ0n) is 11.4. The number of hydrogen-bond acceptors (Lipinski definition) is 5. The SMILES string of the molecule is COC(=O)CC1CSCCN1CC1(C)CCNC1. The van der Waals surface area contributed by atoms with E-state index in [1.54, 1.807) is 0 Å². The number of ether oxygens (including phenoxy) is 1. The van der Waals surface area contributed by atoms with E-state index in [2.05, 4.69) is 17.1 Å². The highest BCUT2D eigenvalue weighted by Crippen LogP contribution is 2.29. The minimum absolute atomic E-state index is 0.0813. The highest BCUT2D eigenvalue weighted by molar-refractivity contribution is 7.99. The molecule has 5 heteroatoms. The van der Waals surface area contributed by atoms with E-state index in [4.69, 9.17) is 4.74 Å². The Kier molecular flexibility index (Phi) is 4.92. The Labute approximate surface area is 114 Å². The Bertz CT molecular complexity index is 293. The van der Waals surface area contributed by atoms with Crippen LogP contribution in [0.2, 0.25) is 0 Å². The van der Waals surface area contributed by atoms with Gasteiger partial charge in [0.05, 0.1) is 13.5 Å². The number of esters is 1. The van der Waals surface area contributed by atoms with Gasteiger partial charge in [-0.05, 0) is 18.4 Å². The van der Waals surface area contributed by atoms with Crippen LogP contribution in [0.3, 0.4) is 0 Å². The van der Waals surface area contributed by atoms with Gasteiger partial charge in [0, 0.05) is 37.2 Å². The van der Waals surface area contributed by atoms with Crippen LogP contribution in [-0.4, -0.2) is 61.7 Å². The third-order valence-electron chi connectivity index (χ3n) is 4.02. The van der Waals surface area contributed by atoms with E-state index in [1.807, 2.05) is 11.8 Å². The van der Waals surface area contributed by atoms with Crippen molar-refractivity contribution in [2.75, 3.05) is 44.8 Å². The van der Waals surface area contributed by atoms with E-state index in [-0.39, 0.29) is 5.97 Å². The molecule has 18 heavy (non-hydrogen) atoms. The van der Waals surface area contributed by atoms with Gasteiger partial charge in [-0.3, -0.25) is 9.69 Å². The van der Waals surface area contributed by atoms with Gasteiger partial charge in [0.25, 0.3) is 0 Å². The van der Waals surface area contributed by atoms with Crippen LogP contribution in [-0.2, 0) is 9.53 Å². The summed E-state index contributed by atoms with van der Waals surface area (Å²) in [7, 11) is 1.48. The molecule has 0 aromatic heterocycles. The third-order valence-corrected chi connectivity index (χ3v) is 5.11. The molecule has 1 N–H and O–H groups in total. The number of rotatable bonds is 4. The number of thioether (sulfide) groups is 1. The predicted octanol–water partition coefficient (Wildman–Crippen LogP) is 0.967. The number of methoxy groups -OCH3 is 1. The Hall–Kier alpha value is -0.260. The van der Waals surface area contributed by atoms with E-state index >= 15 is 0 Å². The first-order chi connectivity index (χ1) is 8.63. The summed E-state index contributed by atoms with van der Waals surface area (Å²) in [6.07, 6.45) is 1.77. The second kappa shape index (κ2) is 6.26. The molecule has 2 aliphatic rings. The topological polar surface area (TPSA) is 41.6 Å². The van der Waals surface area contributed by atoms with E-state index < -0.39 is 0 Å². The molecule has 2 fully saturated rings. The first kappa shape index (κ1) is 14.2. The third kappa shape index (κ3) is 3.62. The second-order valence-electron chi connectivity index (χ2n) is 5.72. The molecule has 0 aromatic rings. The van der Waals surface area contributed by atoms with Crippen molar-refractivity contribution in [3.63, 3.8) is 0 Å². The van der Waals surface area contributed by atoms with Crippen molar-refractivity contribution in [3.8, 4) is 0 Å². The quantitative estimate of drug-likeness (QED) is 0.772. The van der Waals surface area contributed by atoms with Crippen molar-refractivity contribution in [1.29, 1.82) is 0 Å². The van der Waals surface area contributed by atoms with Crippen molar-refractivity contribution >= 4 is 17.7 Å². The lowest BCUT2D eigenvalue weighted by atomic mass is 9.88. The first-order valence-corrected chi connectivity index (χ1v) is 7.88. The fraction of sp³-hybridized carbons (Fsp3) is 0.923. The molecule has 2 heterocycles. The predicted molar refractivity (Wildman–Crippen MR) is 74.9 cm³/mol. The number of nitrogens with one attached hydrogen (secondary N) is 1. The number of nitrogens with zero attached hydrogens (tertiary/aromatic N) is 1. The maximum Gasteiger partial charge on any atom is 0.307 e. The minimum Gasteiger partial charge on any atom is -0.469 e. The monoisotopic (exact) mass is 272 g/mol. The number of carbonyl (C=O) groups excluding carboxylic acids is 1. The zero-order chi connectivity index (χ0) is 13.0. The van der Waals surface area contributed by atoms with Crippen LogP contribution in [0.1, 0.15) is 19.8 Å². The van der Waals surface area contributed by atoms with Crippen molar-refractivity contribution in [2.45, 2.75) is 25.8 Å². The molecule has 4 nitrogen and oxygen atoms in total. The first-order valence-electron chi connectivity index (χ1n) is 6.72. The fourth-order valence-electron chi connectivity index (χ4n) is 2.86. The molecule has 2 aliphatic heterocycles. The van der Waals surface area contributed by atoms with Gasteiger partial charge >= 0.3 is 5.97 Å². The summed E-state index contributed by atoms with van der Waals surface area (Å²) in [6.45, 7) is 6.77. The summed E-state index contributed by atoms with van der Waals surface area (Å²) in [6, 6.07) is 0.355. The molecular formula is C13H24N2O2S. The molecule has 2 unspecified atom stereocenters. The smallest absolute Gasteiger partial charge is 0.307 e. The summed E-state index contributed by atoms with van der Waals surface area (Å²) in [5.41, 5.74) is 0.371. The van der Waals surface area contributed by atoms with Crippen LogP contribution in [0.15, 0.2) is 0 Å². The molecule has 0 saturated carbocycles. The highest BCUT2D eigenvalue weighted by atomic mass is 32.2. The van der Waals surface area contributed by atoms with Gasteiger partial charge < -0.3 is 10.1 Å². The van der Waals surface area contributed by atoms with E-state index in [0.29, 0.717) is 17.9 Å². The Morgan fingerprint density at radius 1 is 1.61 bits per heavy atom. The highest BCUT2D eigenvalue weighted by Gasteiger charge is 2.34. The Morgan fingerprint density at radius 3 is 3.11 bits per heavy atom. The number of hydrogen-bond donors (Lipinski definition) is 1. The van der Waals surface area contributed by atoms with Crippen LogP contribution >= 0.6 is 11.8 Å². The summed E-state index contributed by atoms with van der Waals surface area (Å²) < 4.78 is 4.81. The van der Waals surface area contributed by atoms with Crippen molar-refractivity contribution < 1.29 is 9.53 Å². The van der Waals surface area contributed by atoms with E-state index in [1.165, 1.54) is 19.3 Å². The lowest BCUT2D eigenvalue weighted by Gasteiger charge is -2.39. The molecule has 0 aromatic carbocycles. The van der Waals surface area contributed by atoms with Gasteiger partial charge in [-0.1, -0.05) is 6.92 Å². The van der Waals surface area contributed by atoms with Crippen LogP contribution in [0.4, 0.5) is 0 Å². The molecule has 104 valence electrons. The van der Waals surface area contributed by atoms with Gasteiger partial charge in [0.1, 0.15) is 0 Å². The molecule has 0 amide bonds.